The van der Waals surface area contributed by atoms with Gasteiger partial charge in [-0.05, 0) is 31.6 Å². The Morgan fingerprint density at radius 2 is 2.36 bits per heavy atom. The molecule has 0 bridgehead atoms. The molecular weight excluding hydrogens is 200 g/mol. The summed E-state index contributed by atoms with van der Waals surface area (Å²) in [5.74, 6) is 0. The van der Waals surface area contributed by atoms with Crippen molar-refractivity contribution in [2.75, 3.05) is 13.6 Å². The van der Waals surface area contributed by atoms with Crippen LogP contribution in [0.5, 0.6) is 0 Å². The number of hydrogen-bond acceptors (Lipinski definition) is 3. The lowest BCUT2D eigenvalue weighted by atomic mass is 10.1. The Morgan fingerprint density at radius 3 is 3.14 bits per heavy atom. The molecule has 0 unspecified atom stereocenters. The van der Waals surface area contributed by atoms with E-state index in [1.807, 2.05) is 25.2 Å². The number of para-hydroxylation sites is 1. The van der Waals surface area contributed by atoms with Crippen molar-refractivity contribution in [2.24, 2.45) is 0 Å². The highest BCUT2D eigenvalue weighted by Crippen LogP contribution is 2.25. The molecule has 4 heteroatoms. The highest BCUT2D eigenvalue weighted by molar-refractivity contribution is 6.34. The molecule has 0 amide bonds. The second-order valence-corrected chi connectivity index (χ2v) is 3.48. The minimum absolute atomic E-state index is 0.436. The monoisotopic (exact) mass is 210 g/mol. The smallest absolute Gasteiger partial charge is 0.180 e. The van der Waals surface area contributed by atoms with Crippen LogP contribution in [0.2, 0.25) is 5.15 Å². The molecule has 0 aliphatic rings. The molecule has 14 heavy (non-hydrogen) atoms. The summed E-state index contributed by atoms with van der Waals surface area (Å²) in [7, 11) is 1.92. The van der Waals surface area contributed by atoms with Crippen molar-refractivity contribution < 1.29 is 4.52 Å². The van der Waals surface area contributed by atoms with Crippen LogP contribution in [0, 0.1) is 0 Å². The van der Waals surface area contributed by atoms with Crippen molar-refractivity contribution in [2.45, 2.75) is 6.42 Å². The largest absolute Gasteiger partial charge is 0.354 e. The second kappa shape index (κ2) is 3.98. The first kappa shape index (κ1) is 9.49. The Morgan fingerprint density at radius 1 is 1.50 bits per heavy atom. The van der Waals surface area contributed by atoms with Gasteiger partial charge in [0, 0.05) is 0 Å². The lowest BCUT2D eigenvalue weighted by Gasteiger charge is -1.99. The minimum atomic E-state index is 0.436. The highest BCUT2D eigenvalue weighted by Gasteiger charge is 2.08. The average Bonchev–Trinajstić information content (AvgIpc) is 2.58. The molecule has 0 saturated carbocycles. The first-order valence-electron chi connectivity index (χ1n) is 4.50. The van der Waals surface area contributed by atoms with Gasteiger partial charge in [0.2, 0.25) is 0 Å². The standard InChI is InChI=1S/C10H11ClN2O/c1-12-6-5-7-3-2-4-8-9(7)14-13-10(8)11/h2-4,12H,5-6H2,1H3. The topological polar surface area (TPSA) is 38.1 Å². The molecule has 0 atom stereocenters. The minimum Gasteiger partial charge on any atom is -0.354 e. The fraction of sp³-hybridized carbons (Fsp3) is 0.300. The third-order valence-corrected chi connectivity index (χ3v) is 2.45. The summed E-state index contributed by atoms with van der Waals surface area (Å²) in [6.45, 7) is 0.914. The predicted molar refractivity (Wildman–Crippen MR) is 56.6 cm³/mol. The van der Waals surface area contributed by atoms with Gasteiger partial charge < -0.3 is 9.84 Å². The number of halogens is 1. The van der Waals surface area contributed by atoms with Gasteiger partial charge in [-0.2, -0.15) is 0 Å². The number of fused-ring (bicyclic) bond motifs is 1. The third kappa shape index (κ3) is 1.61. The van der Waals surface area contributed by atoms with Crippen LogP contribution in [0.4, 0.5) is 0 Å². The molecule has 0 radical (unpaired) electrons. The zero-order chi connectivity index (χ0) is 9.97. The van der Waals surface area contributed by atoms with Crippen LogP contribution in [0.3, 0.4) is 0 Å². The number of nitrogens with one attached hydrogen (secondary N) is 1. The first-order valence-corrected chi connectivity index (χ1v) is 4.88. The number of hydrogen-bond donors (Lipinski definition) is 1. The lowest BCUT2D eigenvalue weighted by Crippen LogP contribution is -2.10. The summed E-state index contributed by atoms with van der Waals surface area (Å²) >= 11 is 5.86. The number of rotatable bonds is 3. The van der Waals surface area contributed by atoms with Crippen LogP contribution in [0.15, 0.2) is 22.7 Å². The molecule has 0 saturated heterocycles. The lowest BCUT2D eigenvalue weighted by molar-refractivity contribution is 0.454. The molecule has 0 fully saturated rings. The van der Waals surface area contributed by atoms with E-state index in [0.717, 1.165) is 29.5 Å². The Balaban J connectivity index is 2.44. The number of likely N-dealkylation sites (N-methyl/N-ethyl adjacent to an activating group) is 1. The second-order valence-electron chi connectivity index (χ2n) is 3.12. The summed E-state index contributed by atoms with van der Waals surface area (Å²) in [5.41, 5.74) is 1.93. The Hall–Kier alpha value is -1.06. The van der Waals surface area contributed by atoms with E-state index in [4.69, 9.17) is 16.1 Å². The summed E-state index contributed by atoms with van der Waals surface area (Å²) < 4.78 is 5.17. The maximum atomic E-state index is 5.86. The quantitative estimate of drug-likeness (QED) is 0.845. The molecule has 2 aromatic rings. The van der Waals surface area contributed by atoms with Gasteiger partial charge in [0.15, 0.2) is 10.7 Å². The number of benzene rings is 1. The Bertz CT molecular complexity index is 439. The van der Waals surface area contributed by atoms with Crippen molar-refractivity contribution >= 4 is 22.6 Å². The molecule has 1 heterocycles. The number of nitrogens with zero attached hydrogens (tertiary/aromatic N) is 1. The van der Waals surface area contributed by atoms with Gasteiger partial charge in [-0.1, -0.05) is 28.9 Å². The summed E-state index contributed by atoms with van der Waals surface area (Å²) in [6.07, 6.45) is 0.916. The Labute approximate surface area is 87.0 Å². The number of aromatic nitrogens is 1. The molecule has 0 aliphatic heterocycles. The van der Waals surface area contributed by atoms with E-state index in [1.165, 1.54) is 0 Å². The van der Waals surface area contributed by atoms with Crippen LogP contribution in [0.25, 0.3) is 11.0 Å². The average molecular weight is 211 g/mol. The van der Waals surface area contributed by atoms with E-state index >= 15 is 0 Å². The van der Waals surface area contributed by atoms with Crippen molar-refractivity contribution in [1.29, 1.82) is 0 Å². The van der Waals surface area contributed by atoms with Gasteiger partial charge in [-0.25, -0.2) is 0 Å². The fourth-order valence-corrected chi connectivity index (χ4v) is 1.63. The van der Waals surface area contributed by atoms with Gasteiger partial charge in [0.05, 0.1) is 5.39 Å². The molecule has 0 aliphatic carbocycles. The SMILES string of the molecule is CNCCc1cccc2c(Cl)noc12. The summed E-state index contributed by atoms with van der Waals surface area (Å²) in [5, 5.41) is 8.15. The highest BCUT2D eigenvalue weighted by atomic mass is 35.5. The summed E-state index contributed by atoms with van der Waals surface area (Å²) in [4.78, 5) is 0. The van der Waals surface area contributed by atoms with Crippen molar-refractivity contribution in [3.63, 3.8) is 0 Å². The first-order chi connectivity index (χ1) is 6.83. The molecule has 0 spiro atoms. The van der Waals surface area contributed by atoms with E-state index in [-0.39, 0.29) is 0 Å². The predicted octanol–water partition coefficient (Wildman–Crippen LogP) is 2.24. The van der Waals surface area contributed by atoms with Crippen molar-refractivity contribution in [3.8, 4) is 0 Å². The molecule has 74 valence electrons. The Kier molecular flexibility index (Phi) is 2.70. The van der Waals surface area contributed by atoms with E-state index in [9.17, 15) is 0 Å². The zero-order valence-electron chi connectivity index (χ0n) is 7.88. The van der Waals surface area contributed by atoms with Gasteiger partial charge in [-0.3, -0.25) is 0 Å². The fourth-order valence-electron chi connectivity index (χ4n) is 1.45. The van der Waals surface area contributed by atoms with Crippen LogP contribution in [0.1, 0.15) is 5.56 Å². The normalized spacial score (nSPS) is 11.0. The molecule has 1 N–H and O–H groups in total. The van der Waals surface area contributed by atoms with Crippen LogP contribution < -0.4 is 5.32 Å². The van der Waals surface area contributed by atoms with Crippen molar-refractivity contribution in [1.82, 2.24) is 10.5 Å². The van der Waals surface area contributed by atoms with Gasteiger partial charge in [0.25, 0.3) is 0 Å². The van der Waals surface area contributed by atoms with E-state index in [2.05, 4.69) is 10.5 Å². The van der Waals surface area contributed by atoms with Crippen molar-refractivity contribution in [3.05, 3.63) is 28.9 Å². The van der Waals surface area contributed by atoms with Gasteiger partial charge in [0.1, 0.15) is 0 Å². The molecular formula is C10H11ClN2O. The zero-order valence-corrected chi connectivity index (χ0v) is 8.64. The van der Waals surface area contributed by atoms with Gasteiger partial charge in [-0.15, -0.1) is 0 Å². The molecule has 2 rings (SSSR count). The van der Waals surface area contributed by atoms with E-state index in [1.54, 1.807) is 0 Å². The maximum absolute atomic E-state index is 5.86. The van der Waals surface area contributed by atoms with Crippen LogP contribution in [-0.4, -0.2) is 18.7 Å². The summed E-state index contributed by atoms with van der Waals surface area (Å²) in [6, 6.07) is 5.91. The third-order valence-electron chi connectivity index (χ3n) is 2.18. The van der Waals surface area contributed by atoms with E-state index < -0.39 is 0 Å². The van der Waals surface area contributed by atoms with E-state index in [0.29, 0.717) is 5.15 Å². The molecule has 3 nitrogen and oxygen atoms in total. The molecule has 1 aromatic carbocycles. The van der Waals surface area contributed by atoms with Crippen LogP contribution >= 0.6 is 11.6 Å². The maximum Gasteiger partial charge on any atom is 0.180 e. The van der Waals surface area contributed by atoms with Gasteiger partial charge >= 0.3 is 0 Å². The molecule has 1 aromatic heterocycles. The van der Waals surface area contributed by atoms with Crippen LogP contribution in [-0.2, 0) is 6.42 Å².